The number of hydrogen-bond donors (Lipinski definition) is 0. The first-order valence-corrected chi connectivity index (χ1v) is 9.24. The highest BCUT2D eigenvalue weighted by Crippen LogP contribution is 2.41. The van der Waals surface area contributed by atoms with E-state index < -0.39 is 11.7 Å². The Hall–Kier alpha value is -3.05. The van der Waals surface area contributed by atoms with Crippen LogP contribution in [0.4, 0.5) is 24.5 Å². The Balaban J connectivity index is 1.96. The molecule has 0 fully saturated rings. The quantitative estimate of drug-likeness (QED) is 0.433. The molecule has 1 aliphatic heterocycles. The molecule has 1 heterocycles. The summed E-state index contributed by atoms with van der Waals surface area (Å²) >= 11 is 6.48. The molecule has 4 rings (SSSR count). The van der Waals surface area contributed by atoms with Gasteiger partial charge in [0.2, 0.25) is 0 Å². The Morgan fingerprint density at radius 3 is 2.28 bits per heavy atom. The maximum atomic E-state index is 13.2. The van der Waals surface area contributed by atoms with E-state index in [1.165, 1.54) is 6.07 Å². The number of anilines is 1. The van der Waals surface area contributed by atoms with Gasteiger partial charge in [-0.1, -0.05) is 48.5 Å². The van der Waals surface area contributed by atoms with Crippen molar-refractivity contribution >= 4 is 34.5 Å². The number of hydrogen-bond acceptors (Lipinski definition) is 2. The molecule has 0 bridgehead atoms. The first kappa shape index (κ1) is 19.3. The van der Waals surface area contributed by atoms with Crippen LogP contribution in [0.1, 0.15) is 22.3 Å². The first-order valence-electron chi connectivity index (χ1n) is 8.86. The maximum absolute atomic E-state index is 13.2. The highest BCUT2D eigenvalue weighted by atomic mass is 35.5. The first-order chi connectivity index (χ1) is 13.8. The second kappa shape index (κ2) is 7.08. The summed E-state index contributed by atoms with van der Waals surface area (Å²) in [6.07, 6.45) is -4.45. The zero-order chi connectivity index (χ0) is 20.8. The molecule has 0 saturated heterocycles. The van der Waals surface area contributed by atoms with Crippen molar-refractivity contribution in [1.82, 2.24) is 0 Å². The van der Waals surface area contributed by atoms with Gasteiger partial charge >= 0.3 is 6.18 Å². The summed E-state index contributed by atoms with van der Waals surface area (Å²) in [7, 11) is 0. The van der Waals surface area contributed by atoms with E-state index in [1.807, 2.05) is 54.3 Å². The highest BCUT2D eigenvalue weighted by Gasteiger charge is 2.33. The number of benzene rings is 3. The van der Waals surface area contributed by atoms with Crippen LogP contribution in [0.15, 0.2) is 78.3 Å². The van der Waals surface area contributed by atoms with Crippen LogP contribution < -0.4 is 4.90 Å². The van der Waals surface area contributed by atoms with E-state index in [-0.39, 0.29) is 5.69 Å². The summed E-state index contributed by atoms with van der Waals surface area (Å²) < 4.78 is 39.7. The van der Waals surface area contributed by atoms with E-state index in [4.69, 9.17) is 11.6 Å². The Bertz CT molecular complexity index is 1130. The fourth-order valence-electron chi connectivity index (χ4n) is 3.29. The van der Waals surface area contributed by atoms with Crippen molar-refractivity contribution < 1.29 is 13.2 Å². The zero-order valence-electron chi connectivity index (χ0n) is 15.5. The molecule has 29 heavy (non-hydrogen) atoms. The Morgan fingerprint density at radius 1 is 0.931 bits per heavy atom. The molecule has 2 nitrogen and oxygen atoms in total. The lowest BCUT2D eigenvalue weighted by molar-refractivity contribution is -0.137. The predicted octanol–water partition coefficient (Wildman–Crippen LogP) is 7.24. The molecular formula is C23H16ClF3N2. The molecule has 0 N–H and O–H groups in total. The number of amidine groups is 1. The second-order valence-electron chi connectivity index (χ2n) is 6.77. The van der Waals surface area contributed by atoms with Crippen molar-refractivity contribution in [2.75, 3.05) is 4.90 Å². The fourth-order valence-corrected chi connectivity index (χ4v) is 3.61. The van der Waals surface area contributed by atoms with Crippen molar-refractivity contribution in [2.24, 2.45) is 4.99 Å². The van der Waals surface area contributed by atoms with Crippen LogP contribution in [0.2, 0.25) is 5.02 Å². The largest absolute Gasteiger partial charge is 0.416 e. The van der Waals surface area contributed by atoms with Crippen LogP contribution in [0.3, 0.4) is 0 Å². The van der Waals surface area contributed by atoms with E-state index in [2.05, 4.69) is 11.6 Å². The van der Waals surface area contributed by atoms with Gasteiger partial charge in [0, 0.05) is 22.5 Å². The number of aliphatic imine (C=N–C) groups is 1. The third-order valence-electron chi connectivity index (χ3n) is 4.72. The molecular weight excluding hydrogens is 397 g/mol. The minimum absolute atomic E-state index is 0.212. The van der Waals surface area contributed by atoms with Gasteiger partial charge in [-0.3, -0.25) is 4.90 Å². The molecule has 0 spiro atoms. The van der Waals surface area contributed by atoms with Gasteiger partial charge < -0.3 is 0 Å². The lowest BCUT2D eigenvalue weighted by Gasteiger charge is -2.33. The van der Waals surface area contributed by atoms with Crippen LogP contribution in [-0.4, -0.2) is 5.84 Å². The second-order valence-corrected chi connectivity index (χ2v) is 7.17. The van der Waals surface area contributed by atoms with E-state index in [9.17, 15) is 13.2 Å². The van der Waals surface area contributed by atoms with Crippen molar-refractivity contribution in [3.8, 4) is 0 Å². The summed E-state index contributed by atoms with van der Waals surface area (Å²) in [5.74, 6) is 0.429. The third kappa shape index (κ3) is 3.54. The van der Waals surface area contributed by atoms with E-state index >= 15 is 0 Å². The molecule has 1 aliphatic rings. The molecule has 6 heteroatoms. The lowest BCUT2D eigenvalue weighted by Crippen LogP contribution is -2.32. The van der Waals surface area contributed by atoms with Crippen molar-refractivity contribution in [3.05, 3.63) is 101 Å². The number of fused-ring (bicyclic) bond motifs is 1. The molecule has 0 unspecified atom stereocenters. The number of aryl methyl sites for hydroxylation is 1. The Morgan fingerprint density at radius 2 is 1.62 bits per heavy atom. The molecule has 146 valence electrons. The molecule has 0 aromatic heterocycles. The minimum atomic E-state index is -4.45. The normalized spacial score (nSPS) is 13.9. The van der Waals surface area contributed by atoms with E-state index in [0.29, 0.717) is 27.7 Å². The van der Waals surface area contributed by atoms with Gasteiger partial charge in [-0.2, -0.15) is 13.2 Å². The topological polar surface area (TPSA) is 15.6 Å². The van der Waals surface area contributed by atoms with Crippen LogP contribution >= 0.6 is 11.6 Å². The fraction of sp³-hybridized carbons (Fsp3) is 0.0870. The van der Waals surface area contributed by atoms with E-state index in [0.717, 1.165) is 23.4 Å². The Labute approximate surface area is 171 Å². The van der Waals surface area contributed by atoms with Gasteiger partial charge in [-0.25, -0.2) is 4.99 Å². The third-order valence-corrected chi connectivity index (χ3v) is 5.04. The van der Waals surface area contributed by atoms with Crippen LogP contribution in [0, 0.1) is 6.92 Å². The Kier molecular flexibility index (Phi) is 4.71. The average Bonchev–Trinajstić information content (AvgIpc) is 2.67. The summed E-state index contributed by atoms with van der Waals surface area (Å²) in [5.41, 5.74) is 2.90. The number of alkyl halides is 3. The number of para-hydroxylation sites is 1. The molecule has 0 saturated carbocycles. The molecule has 3 aromatic rings. The number of halogens is 4. The predicted molar refractivity (Wildman–Crippen MR) is 112 cm³/mol. The SMILES string of the molecule is C=C1c2ccc(C(F)(F)F)cc2N=C(c2ccc(C)cc2Cl)N1c1ccccc1. The minimum Gasteiger partial charge on any atom is -0.294 e. The zero-order valence-corrected chi connectivity index (χ0v) is 16.2. The van der Waals surface area contributed by atoms with Gasteiger partial charge in [-0.15, -0.1) is 0 Å². The summed E-state index contributed by atoms with van der Waals surface area (Å²) in [5, 5.41) is 0.466. The van der Waals surface area contributed by atoms with Gasteiger partial charge in [0.05, 0.1) is 16.3 Å². The van der Waals surface area contributed by atoms with Crippen molar-refractivity contribution in [3.63, 3.8) is 0 Å². The van der Waals surface area contributed by atoms with Gasteiger partial charge in [0.15, 0.2) is 0 Å². The smallest absolute Gasteiger partial charge is 0.294 e. The van der Waals surface area contributed by atoms with Crippen molar-refractivity contribution in [1.29, 1.82) is 0 Å². The molecule has 3 aromatic carbocycles. The highest BCUT2D eigenvalue weighted by molar-refractivity contribution is 6.36. The molecule has 0 radical (unpaired) electrons. The van der Waals surface area contributed by atoms with Crippen LogP contribution in [-0.2, 0) is 6.18 Å². The summed E-state index contributed by atoms with van der Waals surface area (Å²) in [4.78, 5) is 6.40. The number of nitrogens with zero attached hydrogens (tertiary/aromatic N) is 2. The van der Waals surface area contributed by atoms with Crippen LogP contribution in [0.25, 0.3) is 5.70 Å². The van der Waals surface area contributed by atoms with Gasteiger partial charge in [0.25, 0.3) is 0 Å². The average molecular weight is 413 g/mol. The summed E-state index contributed by atoms with van der Waals surface area (Å²) in [6, 6.07) is 18.4. The maximum Gasteiger partial charge on any atom is 0.416 e. The van der Waals surface area contributed by atoms with Gasteiger partial charge in [-0.05, 0) is 48.9 Å². The number of rotatable bonds is 2. The van der Waals surface area contributed by atoms with Crippen molar-refractivity contribution in [2.45, 2.75) is 13.1 Å². The monoisotopic (exact) mass is 412 g/mol. The summed E-state index contributed by atoms with van der Waals surface area (Å²) in [6.45, 7) is 6.06. The molecule has 0 atom stereocenters. The molecule has 0 aliphatic carbocycles. The van der Waals surface area contributed by atoms with Crippen LogP contribution in [0.5, 0.6) is 0 Å². The van der Waals surface area contributed by atoms with Gasteiger partial charge in [0.1, 0.15) is 5.84 Å². The lowest BCUT2D eigenvalue weighted by atomic mass is 10.0. The molecule has 0 amide bonds. The van der Waals surface area contributed by atoms with E-state index in [1.54, 1.807) is 6.07 Å². The standard InChI is InChI=1S/C23H16ClF3N2/c1-14-8-10-19(20(24)12-14)22-28-21-13-16(23(25,26)27)9-11-18(21)15(2)29(22)17-6-4-3-5-7-17/h3-13H,2H2,1H3.